The van der Waals surface area contributed by atoms with Crippen LogP contribution in [0.3, 0.4) is 0 Å². The van der Waals surface area contributed by atoms with Crippen LogP contribution < -0.4 is 0 Å². The smallest absolute Gasteiger partial charge is 0.167 e. The summed E-state index contributed by atoms with van der Waals surface area (Å²) in [5, 5.41) is 8.78. The molecule has 0 fully saturated rings. The Morgan fingerprint density at radius 1 is 0.293 bits per heavy atom. The van der Waals surface area contributed by atoms with Gasteiger partial charge in [0.25, 0.3) is 0 Å². The highest BCUT2D eigenvalue weighted by Crippen LogP contribution is 2.40. The minimum Gasteiger partial charge on any atom is -0.456 e. The summed E-state index contributed by atoms with van der Waals surface area (Å²) in [6.45, 7) is 0. The lowest BCUT2D eigenvalue weighted by molar-refractivity contribution is 0.669. The third-order valence-electron chi connectivity index (χ3n) is 11.3. The Bertz CT molecular complexity index is 3580. The minimum absolute atomic E-state index is 0.556. The first-order valence-corrected chi connectivity index (χ1v) is 19.4. The van der Waals surface area contributed by atoms with Gasteiger partial charge in [-0.15, -0.1) is 0 Å². The van der Waals surface area contributed by atoms with Gasteiger partial charge in [-0.05, 0) is 92.3 Å². The molecule has 0 aliphatic rings. The molecule has 0 aliphatic heterocycles. The van der Waals surface area contributed by atoms with Crippen molar-refractivity contribution in [2.24, 2.45) is 0 Å². The van der Waals surface area contributed by atoms with Gasteiger partial charge in [0.2, 0.25) is 0 Å². The molecule has 0 saturated carbocycles. The zero-order valence-electron chi connectivity index (χ0n) is 31.1. The van der Waals surface area contributed by atoms with E-state index in [2.05, 4.69) is 152 Å². The van der Waals surface area contributed by atoms with E-state index in [9.17, 15) is 0 Å². The van der Waals surface area contributed by atoms with Crippen LogP contribution in [0.4, 0.5) is 0 Å². The van der Waals surface area contributed by atoms with Crippen LogP contribution in [0.15, 0.2) is 197 Å². The highest BCUT2D eigenvalue weighted by Gasteiger charge is 2.19. The number of nitrogens with zero attached hydrogens (tertiary/aromatic N) is 3. The van der Waals surface area contributed by atoms with E-state index in [1.807, 2.05) is 36.4 Å². The van der Waals surface area contributed by atoms with E-state index < -0.39 is 0 Å². The molecule has 0 atom stereocenters. The molecule has 0 amide bonds. The molecule has 9 aromatic carbocycles. The number of fused-ring (bicyclic) bond motifs is 8. The lowest BCUT2D eigenvalue weighted by Crippen LogP contribution is -2.00. The van der Waals surface area contributed by atoms with E-state index in [4.69, 9.17) is 23.8 Å². The van der Waals surface area contributed by atoms with E-state index in [1.165, 1.54) is 0 Å². The summed E-state index contributed by atoms with van der Waals surface area (Å²) in [5.41, 5.74) is 10.5. The fourth-order valence-electron chi connectivity index (χ4n) is 8.44. The number of para-hydroxylation sites is 2. The molecule has 5 heteroatoms. The number of benzene rings is 9. The van der Waals surface area contributed by atoms with Crippen LogP contribution in [-0.2, 0) is 0 Å². The first-order valence-electron chi connectivity index (χ1n) is 19.4. The van der Waals surface area contributed by atoms with Gasteiger partial charge in [-0.2, -0.15) is 0 Å². The van der Waals surface area contributed by atoms with Crippen molar-refractivity contribution < 1.29 is 8.83 Å². The molecule has 12 aromatic rings. The Morgan fingerprint density at radius 3 is 1.74 bits per heavy atom. The van der Waals surface area contributed by atoms with Crippen molar-refractivity contribution in [3.63, 3.8) is 0 Å². The molecular formula is C53H31N3O2. The summed E-state index contributed by atoms with van der Waals surface area (Å²) in [4.78, 5) is 15.4. The topological polar surface area (TPSA) is 65.0 Å². The van der Waals surface area contributed by atoms with E-state index >= 15 is 0 Å². The molecule has 0 unspecified atom stereocenters. The minimum atomic E-state index is 0.556. The van der Waals surface area contributed by atoms with Gasteiger partial charge < -0.3 is 8.83 Å². The normalized spacial score (nSPS) is 11.8. The molecule has 12 rings (SSSR count). The molecule has 270 valence electrons. The van der Waals surface area contributed by atoms with E-state index in [1.54, 1.807) is 0 Å². The van der Waals surface area contributed by atoms with Crippen LogP contribution in [0.5, 0.6) is 0 Å². The van der Waals surface area contributed by atoms with Crippen molar-refractivity contribution in [3.8, 4) is 56.4 Å². The molecule has 3 heterocycles. The summed E-state index contributed by atoms with van der Waals surface area (Å²) in [7, 11) is 0. The van der Waals surface area contributed by atoms with E-state index in [0.29, 0.717) is 17.5 Å². The third kappa shape index (κ3) is 5.29. The van der Waals surface area contributed by atoms with Crippen LogP contribution in [-0.4, -0.2) is 15.0 Å². The Kier molecular flexibility index (Phi) is 7.16. The zero-order chi connectivity index (χ0) is 38.2. The molecule has 58 heavy (non-hydrogen) atoms. The fourth-order valence-corrected chi connectivity index (χ4v) is 8.44. The van der Waals surface area contributed by atoms with Gasteiger partial charge in [-0.1, -0.05) is 140 Å². The van der Waals surface area contributed by atoms with Crippen molar-refractivity contribution in [3.05, 3.63) is 188 Å². The average molecular weight is 742 g/mol. The number of hydrogen-bond acceptors (Lipinski definition) is 5. The van der Waals surface area contributed by atoms with Gasteiger partial charge in [-0.25, -0.2) is 15.0 Å². The molecule has 0 bridgehead atoms. The lowest BCUT2D eigenvalue weighted by Gasteiger charge is -2.11. The molecule has 0 N–H and O–H groups in total. The van der Waals surface area contributed by atoms with Crippen molar-refractivity contribution in [1.82, 2.24) is 15.0 Å². The van der Waals surface area contributed by atoms with Crippen molar-refractivity contribution in [2.45, 2.75) is 0 Å². The summed E-state index contributed by atoms with van der Waals surface area (Å²) >= 11 is 0. The second-order valence-electron chi connectivity index (χ2n) is 14.8. The summed E-state index contributed by atoms with van der Waals surface area (Å²) in [6, 6.07) is 65.3. The van der Waals surface area contributed by atoms with Gasteiger partial charge in [0.15, 0.2) is 17.5 Å². The van der Waals surface area contributed by atoms with Crippen LogP contribution in [0, 0.1) is 0 Å². The molecular weight excluding hydrogens is 711 g/mol. The Morgan fingerprint density at radius 2 is 0.897 bits per heavy atom. The predicted molar refractivity (Wildman–Crippen MR) is 237 cm³/mol. The Labute approximate surface area is 332 Å². The number of rotatable bonds is 5. The van der Waals surface area contributed by atoms with Gasteiger partial charge in [0, 0.05) is 32.7 Å². The van der Waals surface area contributed by atoms with Crippen molar-refractivity contribution in [2.75, 3.05) is 0 Å². The molecule has 5 nitrogen and oxygen atoms in total. The van der Waals surface area contributed by atoms with E-state index in [0.717, 1.165) is 104 Å². The SMILES string of the molecule is c1ccc(-c2ccc3c(c2)oc2cccc(-c4ccc5ccc(-c6nc(-c7ccc8ccccc8c7)nc(-c7cccc8c7oc7ccccc78)n6)cc5c4)c23)cc1. The molecule has 0 spiro atoms. The van der Waals surface area contributed by atoms with Crippen molar-refractivity contribution >= 4 is 65.4 Å². The first-order chi connectivity index (χ1) is 28.7. The highest BCUT2D eigenvalue weighted by molar-refractivity contribution is 6.14. The van der Waals surface area contributed by atoms with Gasteiger partial charge in [0.05, 0.1) is 5.56 Å². The highest BCUT2D eigenvalue weighted by atomic mass is 16.3. The first kappa shape index (κ1) is 32.4. The van der Waals surface area contributed by atoms with Crippen LogP contribution in [0.25, 0.3) is 122 Å². The van der Waals surface area contributed by atoms with Crippen molar-refractivity contribution in [1.29, 1.82) is 0 Å². The van der Waals surface area contributed by atoms with Crippen LogP contribution in [0.2, 0.25) is 0 Å². The van der Waals surface area contributed by atoms with Crippen LogP contribution in [0.1, 0.15) is 0 Å². The average Bonchev–Trinajstić information content (AvgIpc) is 3.87. The number of hydrogen-bond donors (Lipinski definition) is 0. The Hall–Kier alpha value is -7.89. The summed E-state index contributed by atoms with van der Waals surface area (Å²) in [5.74, 6) is 1.74. The molecule has 0 aliphatic carbocycles. The van der Waals surface area contributed by atoms with Gasteiger partial charge in [0.1, 0.15) is 22.3 Å². The molecule has 3 aromatic heterocycles. The maximum atomic E-state index is 6.47. The maximum Gasteiger partial charge on any atom is 0.167 e. The standard InChI is InChI=1S/C53H31N3O2/c1-2-10-32(11-3-1)36-26-27-44-48(31-36)57-47-19-9-15-41(49(44)47)37-23-20-34-22-25-39(30-40(34)29-37)52-54-51(38-24-21-33-12-4-5-13-35(33)28-38)55-53(56-52)45-17-8-16-43-42-14-6-7-18-46(42)58-50(43)45/h1-31H. The monoisotopic (exact) mass is 741 g/mol. The van der Waals surface area contributed by atoms with Gasteiger partial charge >= 0.3 is 0 Å². The largest absolute Gasteiger partial charge is 0.456 e. The predicted octanol–water partition coefficient (Wildman–Crippen LogP) is 14.3. The lowest BCUT2D eigenvalue weighted by atomic mass is 9.95. The van der Waals surface area contributed by atoms with Gasteiger partial charge in [-0.3, -0.25) is 0 Å². The Balaban J connectivity index is 1.01. The third-order valence-corrected chi connectivity index (χ3v) is 11.3. The van der Waals surface area contributed by atoms with E-state index in [-0.39, 0.29) is 0 Å². The quantitative estimate of drug-likeness (QED) is 0.176. The number of furan rings is 2. The summed E-state index contributed by atoms with van der Waals surface area (Å²) in [6.07, 6.45) is 0. The molecule has 0 radical (unpaired) electrons. The zero-order valence-corrected chi connectivity index (χ0v) is 31.1. The maximum absolute atomic E-state index is 6.47. The molecule has 0 saturated heterocycles. The summed E-state index contributed by atoms with van der Waals surface area (Å²) < 4.78 is 12.9. The fraction of sp³-hybridized carbons (Fsp3) is 0. The second kappa shape index (κ2) is 12.8. The van der Waals surface area contributed by atoms with Crippen LogP contribution >= 0.6 is 0 Å². The second-order valence-corrected chi connectivity index (χ2v) is 14.8. The number of aromatic nitrogens is 3.